The number of aromatic nitrogens is 1. The van der Waals surface area contributed by atoms with Crippen LogP contribution in [-0.2, 0) is 19.4 Å². The highest BCUT2D eigenvalue weighted by Gasteiger charge is 2.02. The van der Waals surface area contributed by atoms with Gasteiger partial charge >= 0.3 is 0 Å². The minimum Gasteiger partial charge on any atom is -0.311 e. The molecule has 0 aliphatic heterocycles. The van der Waals surface area contributed by atoms with E-state index in [0.29, 0.717) is 25.1 Å². The minimum absolute atomic E-state index is 0.526. The summed E-state index contributed by atoms with van der Waals surface area (Å²) in [5.74, 6) is -1.05. The van der Waals surface area contributed by atoms with E-state index in [4.69, 9.17) is 0 Å². The van der Waals surface area contributed by atoms with Crippen LogP contribution in [0.2, 0.25) is 0 Å². The molecule has 0 bridgehead atoms. The van der Waals surface area contributed by atoms with Crippen molar-refractivity contribution < 1.29 is 8.78 Å². The van der Waals surface area contributed by atoms with Gasteiger partial charge < -0.3 is 5.32 Å². The van der Waals surface area contributed by atoms with E-state index >= 15 is 0 Å². The smallest absolute Gasteiger partial charge is 0.126 e. The Kier molecular flexibility index (Phi) is 4.99. The van der Waals surface area contributed by atoms with E-state index in [1.165, 1.54) is 12.1 Å². The number of benzene rings is 1. The monoisotopic (exact) mass is 282 g/mol. The van der Waals surface area contributed by atoms with Gasteiger partial charge in [0, 0.05) is 18.0 Å². The van der Waals surface area contributed by atoms with Gasteiger partial charge in [0.25, 0.3) is 0 Å². The summed E-state index contributed by atoms with van der Waals surface area (Å²) < 4.78 is 25.9. The number of aryl methyl sites for hydroxylation is 1. The molecule has 0 unspecified atom stereocenters. The number of hydrogen-bond acceptors (Lipinski definition) is 3. The zero-order chi connectivity index (χ0) is 13.7. The summed E-state index contributed by atoms with van der Waals surface area (Å²) in [7, 11) is 0. The van der Waals surface area contributed by atoms with Crippen molar-refractivity contribution in [3.63, 3.8) is 0 Å². The average Bonchev–Trinajstić information content (AvgIpc) is 2.81. The molecular formula is C14H16F2N2S. The van der Waals surface area contributed by atoms with Crippen LogP contribution in [-0.4, -0.2) is 11.5 Å². The number of halogens is 2. The minimum atomic E-state index is -0.526. The maximum Gasteiger partial charge on any atom is 0.126 e. The molecule has 2 nitrogen and oxygen atoms in total. The molecule has 1 aromatic heterocycles. The molecule has 102 valence electrons. The van der Waals surface area contributed by atoms with Crippen LogP contribution in [0.25, 0.3) is 0 Å². The Morgan fingerprint density at radius 3 is 2.58 bits per heavy atom. The van der Waals surface area contributed by atoms with Gasteiger partial charge in [0.15, 0.2) is 0 Å². The van der Waals surface area contributed by atoms with Crippen molar-refractivity contribution in [2.45, 2.75) is 26.3 Å². The van der Waals surface area contributed by atoms with Crippen molar-refractivity contribution in [1.82, 2.24) is 10.3 Å². The topological polar surface area (TPSA) is 24.9 Å². The fourth-order valence-electron chi connectivity index (χ4n) is 1.80. The van der Waals surface area contributed by atoms with Crippen LogP contribution in [0.4, 0.5) is 8.78 Å². The Bertz CT molecular complexity index is 520. The maximum absolute atomic E-state index is 13.0. The molecule has 2 rings (SSSR count). The lowest BCUT2D eigenvalue weighted by molar-refractivity contribution is 0.577. The molecule has 1 heterocycles. The van der Waals surface area contributed by atoms with Crippen LogP contribution in [0.1, 0.15) is 23.2 Å². The molecule has 0 amide bonds. The van der Waals surface area contributed by atoms with Crippen LogP contribution in [0.3, 0.4) is 0 Å². The van der Waals surface area contributed by atoms with E-state index in [-0.39, 0.29) is 0 Å². The molecule has 0 radical (unpaired) electrons. The lowest BCUT2D eigenvalue weighted by Crippen LogP contribution is -2.17. The third-order valence-electron chi connectivity index (χ3n) is 2.72. The van der Waals surface area contributed by atoms with Crippen molar-refractivity contribution in [2.75, 3.05) is 6.54 Å². The van der Waals surface area contributed by atoms with Gasteiger partial charge in [0.05, 0.1) is 10.7 Å². The summed E-state index contributed by atoms with van der Waals surface area (Å²) in [6.07, 6.45) is 1.55. The van der Waals surface area contributed by atoms with E-state index in [0.717, 1.165) is 23.2 Å². The SMILES string of the molecule is CCc1nc(CNCCc2cc(F)cc(F)c2)cs1. The van der Waals surface area contributed by atoms with Crippen LogP contribution in [0.5, 0.6) is 0 Å². The molecule has 0 fully saturated rings. The van der Waals surface area contributed by atoms with Crippen molar-refractivity contribution >= 4 is 11.3 Å². The van der Waals surface area contributed by atoms with E-state index in [1.54, 1.807) is 11.3 Å². The van der Waals surface area contributed by atoms with E-state index < -0.39 is 11.6 Å². The lowest BCUT2D eigenvalue weighted by atomic mass is 10.1. The summed E-state index contributed by atoms with van der Waals surface area (Å²) in [4.78, 5) is 4.44. The Morgan fingerprint density at radius 2 is 1.95 bits per heavy atom. The predicted octanol–water partition coefficient (Wildman–Crippen LogP) is 3.32. The molecule has 19 heavy (non-hydrogen) atoms. The van der Waals surface area contributed by atoms with Gasteiger partial charge in [0.1, 0.15) is 11.6 Å². The number of thiazole rings is 1. The van der Waals surface area contributed by atoms with Gasteiger partial charge in [0.2, 0.25) is 0 Å². The standard InChI is InChI=1S/C14H16F2N2S/c1-2-14-18-13(9-19-14)8-17-4-3-10-5-11(15)7-12(16)6-10/h5-7,9,17H,2-4,8H2,1H3. The van der Waals surface area contributed by atoms with E-state index in [2.05, 4.69) is 17.2 Å². The van der Waals surface area contributed by atoms with Crippen molar-refractivity contribution in [3.8, 4) is 0 Å². The van der Waals surface area contributed by atoms with E-state index in [1.807, 2.05) is 5.38 Å². The number of nitrogens with zero attached hydrogens (tertiary/aromatic N) is 1. The molecule has 1 aromatic carbocycles. The molecule has 0 aliphatic carbocycles. The van der Waals surface area contributed by atoms with Gasteiger partial charge in [-0.1, -0.05) is 6.92 Å². The maximum atomic E-state index is 13.0. The molecule has 0 saturated carbocycles. The highest BCUT2D eigenvalue weighted by Crippen LogP contribution is 2.10. The second-order valence-corrected chi connectivity index (χ2v) is 5.23. The second-order valence-electron chi connectivity index (χ2n) is 4.29. The first-order valence-electron chi connectivity index (χ1n) is 6.26. The Morgan fingerprint density at radius 1 is 1.21 bits per heavy atom. The normalized spacial score (nSPS) is 10.9. The van der Waals surface area contributed by atoms with Crippen molar-refractivity contribution in [1.29, 1.82) is 0 Å². The molecule has 0 saturated heterocycles. The van der Waals surface area contributed by atoms with Gasteiger partial charge in [-0.25, -0.2) is 13.8 Å². The first-order chi connectivity index (χ1) is 9.17. The van der Waals surface area contributed by atoms with Crippen molar-refractivity contribution in [2.24, 2.45) is 0 Å². The third-order valence-corrected chi connectivity index (χ3v) is 3.76. The number of rotatable bonds is 6. The van der Waals surface area contributed by atoms with Gasteiger partial charge in [-0.05, 0) is 37.1 Å². The fraction of sp³-hybridized carbons (Fsp3) is 0.357. The van der Waals surface area contributed by atoms with Gasteiger partial charge in [-0.15, -0.1) is 11.3 Å². The second kappa shape index (κ2) is 6.73. The van der Waals surface area contributed by atoms with Gasteiger partial charge in [-0.3, -0.25) is 0 Å². The summed E-state index contributed by atoms with van der Waals surface area (Å²) in [6.45, 7) is 3.44. The average molecular weight is 282 g/mol. The molecular weight excluding hydrogens is 266 g/mol. The summed E-state index contributed by atoms with van der Waals surface area (Å²) in [5.41, 5.74) is 1.68. The molecule has 2 aromatic rings. The van der Waals surface area contributed by atoms with Crippen LogP contribution >= 0.6 is 11.3 Å². The highest BCUT2D eigenvalue weighted by molar-refractivity contribution is 7.09. The molecule has 0 aliphatic rings. The molecule has 1 N–H and O–H groups in total. The largest absolute Gasteiger partial charge is 0.311 e. The Labute approximate surface area is 115 Å². The Hall–Kier alpha value is -1.33. The summed E-state index contributed by atoms with van der Waals surface area (Å²) in [5, 5.41) is 6.39. The van der Waals surface area contributed by atoms with Crippen molar-refractivity contribution in [3.05, 3.63) is 51.5 Å². The highest BCUT2D eigenvalue weighted by atomic mass is 32.1. The number of hydrogen-bond donors (Lipinski definition) is 1. The van der Waals surface area contributed by atoms with Crippen LogP contribution < -0.4 is 5.32 Å². The lowest BCUT2D eigenvalue weighted by Gasteiger charge is -2.04. The zero-order valence-corrected chi connectivity index (χ0v) is 11.6. The van der Waals surface area contributed by atoms with E-state index in [9.17, 15) is 8.78 Å². The first kappa shape index (κ1) is 14.1. The quantitative estimate of drug-likeness (QED) is 0.822. The first-order valence-corrected chi connectivity index (χ1v) is 7.14. The van der Waals surface area contributed by atoms with Gasteiger partial charge in [-0.2, -0.15) is 0 Å². The fourth-order valence-corrected chi connectivity index (χ4v) is 2.54. The Balaban J connectivity index is 1.77. The third kappa shape index (κ3) is 4.36. The van der Waals surface area contributed by atoms with Crippen LogP contribution in [0.15, 0.2) is 23.6 Å². The molecule has 5 heteroatoms. The summed E-state index contributed by atoms with van der Waals surface area (Å²) >= 11 is 1.66. The number of nitrogens with one attached hydrogen (secondary N) is 1. The summed E-state index contributed by atoms with van der Waals surface area (Å²) in [6, 6.07) is 3.62. The zero-order valence-electron chi connectivity index (χ0n) is 10.7. The van der Waals surface area contributed by atoms with Crippen LogP contribution in [0, 0.1) is 11.6 Å². The molecule has 0 atom stereocenters. The predicted molar refractivity (Wildman–Crippen MR) is 73.3 cm³/mol. The molecule has 0 spiro atoms.